The Kier molecular flexibility index (Phi) is 5.11. The summed E-state index contributed by atoms with van der Waals surface area (Å²) in [6.45, 7) is 4.19. The van der Waals surface area contributed by atoms with E-state index in [-0.39, 0.29) is 5.91 Å². The second kappa shape index (κ2) is 7.28. The zero-order chi connectivity index (χ0) is 14.2. The molecule has 0 bridgehead atoms. The maximum absolute atomic E-state index is 12.0. The smallest absolute Gasteiger partial charge is 0.251 e. The number of nitrogens with zero attached hydrogens (tertiary/aromatic N) is 3. The summed E-state index contributed by atoms with van der Waals surface area (Å²) in [5, 5.41) is 10.1. The number of carbonyl (C=O) groups excluding carboxylic acids is 1. The molecule has 0 radical (unpaired) electrons. The Balaban J connectivity index is 1.78. The molecular formula is C14H19N5O. The Morgan fingerprint density at radius 2 is 2.30 bits per heavy atom. The van der Waals surface area contributed by atoms with Gasteiger partial charge in [-0.1, -0.05) is 0 Å². The number of anilines is 1. The number of carbonyl (C=O) groups is 1. The van der Waals surface area contributed by atoms with Crippen LogP contribution in [0.5, 0.6) is 0 Å². The highest BCUT2D eigenvalue weighted by Crippen LogP contribution is 2.06. The van der Waals surface area contributed by atoms with Crippen molar-refractivity contribution in [1.82, 2.24) is 20.1 Å². The van der Waals surface area contributed by atoms with Crippen LogP contribution < -0.4 is 10.6 Å². The van der Waals surface area contributed by atoms with E-state index in [9.17, 15) is 4.79 Å². The first kappa shape index (κ1) is 14.0. The highest BCUT2D eigenvalue weighted by molar-refractivity contribution is 5.94. The van der Waals surface area contributed by atoms with Crippen LogP contribution in [-0.2, 0) is 6.54 Å². The highest BCUT2D eigenvalue weighted by Gasteiger charge is 2.05. The fourth-order valence-electron chi connectivity index (χ4n) is 1.83. The molecule has 0 aliphatic rings. The fraction of sp³-hybridized carbons (Fsp3) is 0.357. The van der Waals surface area contributed by atoms with E-state index in [1.165, 1.54) is 0 Å². The van der Waals surface area contributed by atoms with E-state index < -0.39 is 0 Å². The molecule has 2 N–H and O–H groups in total. The molecule has 2 aromatic rings. The quantitative estimate of drug-likeness (QED) is 0.750. The lowest BCUT2D eigenvalue weighted by Crippen LogP contribution is -2.25. The van der Waals surface area contributed by atoms with Crippen LogP contribution in [-0.4, -0.2) is 33.8 Å². The number of rotatable bonds is 7. The average Bonchev–Trinajstić information content (AvgIpc) is 2.97. The minimum Gasteiger partial charge on any atom is -0.370 e. The van der Waals surface area contributed by atoms with E-state index in [1.54, 1.807) is 24.5 Å². The number of hydrogen-bond donors (Lipinski definition) is 2. The summed E-state index contributed by atoms with van der Waals surface area (Å²) in [6.07, 6.45) is 6.14. The van der Waals surface area contributed by atoms with Gasteiger partial charge in [-0.15, -0.1) is 0 Å². The van der Waals surface area contributed by atoms with Gasteiger partial charge in [0.05, 0.1) is 0 Å². The first-order valence-electron chi connectivity index (χ1n) is 6.75. The molecule has 106 valence electrons. The average molecular weight is 273 g/mol. The molecule has 0 saturated carbocycles. The van der Waals surface area contributed by atoms with Crippen LogP contribution in [0.2, 0.25) is 0 Å². The SMILES string of the molecule is CCNc1cc(C(=O)NCCCn2cccn2)ccn1. The van der Waals surface area contributed by atoms with Crippen LogP contribution in [0.3, 0.4) is 0 Å². The maximum atomic E-state index is 12.0. The molecule has 0 saturated heterocycles. The Hall–Kier alpha value is -2.37. The Morgan fingerprint density at radius 1 is 1.40 bits per heavy atom. The van der Waals surface area contributed by atoms with Gasteiger partial charge in [0.25, 0.3) is 5.91 Å². The van der Waals surface area contributed by atoms with Crippen LogP contribution >= 0.6 is 0 Å². The molecule has 0 spiro atoms. The largest absolute Gasteiger partial charge is 0.370 e. The number of amides is 1. The first-order valence-corrected chi connectivity index (χ1v) is 6.75. The minimum absolute atomic E-state index is 0.0768. The zero-order valence-corrected chi connectivity index (χ0v) is 11.5. The zero-order valence-electron chi connectivity index (χ0n) is 11.5. The van der Waals surface area contributed by atoms with Crippen molar-refractivity contribution in [2.45, 2.75) is 19.9 Å². The van der Waals surface area contributed by atoms with Crippen molar-refractivity contribution in [3.8, 4) is 0 Å². The Bertz CT molecular complexity index is 538. The topological polar surface area (TPSA) is 71.8 Å². The molecule has 0 fully saturated rings. The van der Waals surface area contributed by atoms with Gasteiger partial charge in [-0.05, 0) is 31.5 Å². The third-order valence-electron chi connectivity index (χ3n) is 2.79. The molecule has 0 aliphatic heterocycles. The third kappa shape index (κ3) is 4.08. The van der Waals surface area contributed by atoms with Gasteiger partial charge in [-0.2, -0.15) is 5.10 Å². The van der Waals surface area contributed by atoms with E-state index in [0.29, 0.717) is 12.1 Å². The molecular weight excluding hydrogens is 254 g/mol. The summed E-state index contributed by atoms with van der Waals surface area (Å²) in [7, 11) is 0. The summed E-state index contributed by atoms with van der Waals surface area (Å²) in [5.41, 5.74) is 0.620. The number of aryl methyl sites for hydroxylation is 1. The molecule has 6 nitrogen and oxygen atoms in total. The van der Waals surface area contributed by atoms with Gasteiger partial charge in [0.1, 0.15) is 5.82 Å². The second-order valence-electron chi connectivity index (χ2n) is 4.34. The van der Waals surface area contributed by atoms with E-state index >= 15 is 0 Å². The maximum Gasteiger partial charge on any atom is 0.251 e. The molecule has 2 aromatic heterocycles. The lowest BCUT2D eigenvalue weighted by molar-refractivity contribution is 0.0952. The van der Waals surface area contributed by atoms with Crippen molar-refractivity contribution in [1.29, 1.82) is 0 Å². The molecule has 2 heterocycles. The predicted molar refractivity (Wildman–Crippen MR) is 77.6 cm³/mol. The minimum atomic E-state index is -0.0768. The Labute approximate surface area is 118 Å². The normalized spacial score (nSPS) is 10.2. The number of nitrogens with one attached hydrogen (secondary N) is 2. The summed E-state index contributed by atoms with van der Waals surface area (Å²) in [6, 6.07) is 5.35. The lowest BCUT2D eigenvalue weighted by Gasteiger charge is -2.07. The van der Waals surface area contributed by atoms with Gasteiger partial charge >= 0.3 is 0 Å². The summed E-state index contributed by atoms with van der Waals surface area (Å²) >= 11 is 0. The van der Waals surface area contributed by atoms with Crippen LogP contribution in [0.25, 0.3) is 0 Å². The van der Waals surface area contributed by atoms with Crippen LogP contribution in [0.4, 0.5) is 5.82 Å². The van der Waals surface area contributed by atoms with Gasteiger partial charge in [-0.25, -0.2) is 4.98 Å². The number of aromatic nitrogens is 3. The van der Waals surface area contributed by atoms with E-state index in [2.05, 4.69) is 20.7 Å². The van der Waals surface area contributed by atoms with Crippen molar-refractivity contribution < 1.29 is 4.79 Å². The first-order chi connectivity index (χ1) is 9.79. The van der Waals surface area contributed by atoms with Crippen LogP contribution in [0.15, 0.2) is 36.8 Å². The molecule has 1 amide bonds. The summed E-state index contributed by atoms with van der Waals surface area (Å²) < 4.78 is 1.85. The van der Waals surface area contributed by atoms with E-state index in [0.717, 1.165) is 25.3 Å². The van der Waals surface area contributed by atoms with Gasteiger partial charge in [0.2, 0.25) is 0 Å². The van der Waals surface area contributed by atoms with Gasteiger partial charge < -0.3 is 10.6 Å². The molecule has 0 aromatic carbocycles. The Morgan fingerprint density at radius 3 is 3.05 bits per heavy atom. The molecule has 6 heteroatoms. The van der Waals surface area contributed by atoms with Crippen LogP contribution in [0.1, 0.15) is 23.7 Å². The van der Waals surface area contributed by atoms with Crippen molar-refractivity contribution >= 4 is 11.7 Å². The summed E-state index contributed by atoms with van der Waals surface area (Å²) in [4.78, 5) is 16.1. The fourth-order valence-corrected chi connectivity index (χ4v) is 1.83. The number of hydrogen-bond acceptors (Lipinski definition) is 4. The predicted octanol–water partition coefficient (Wildman–Crippen LogP) is 1.53. The monoisotopic (exact) mass is 273 g/mol. The second-order valence-corrected chi connectivity index (χ2v) is 4.34. The molecule has 0 unspecified atom stereocenters. The summed E-state index contributed by atoms with van der Waals surface area (Å²) in [5.74, 6) is 0.642. The van der Waals surface area contributed by atoms with Crippen molar-refractivity contribution in [3.63, 3.8) is 0 Å². The van der Waals surface area contributed by atoms with Crippen molar-refractivity contribution in [2.75, 3.05) is 18.4 Å². The van der Waals surface area contributed by atoms with E-state index in [1.807, 2.05) is 23.9 Å². The third-order valence-corrected chi connectivity index (χ3v) is 2.79. The van der Waals surface area contributed by atoms with Gasteiger partial charge in [0, 0.05) is 43.8 Å². The van der Waals surface area contributed by atoms with Gasteiger partial charge in [0.15, 0.2) is 0 Å². The highest BCUT2D eigenvalue weighted by atomic mass is 16.1. The number of pyridine rings is 1. The standard InChI is InChI=1S/C14H19N5O/c1-2-15-13-11-12(5-8-16-13)14(20)17-6-3-9-19-10-4-7-18-19/h4-5,7-8,10-11H,2-3,6,9H2,1H3,(H,15,16)(H,17,20). The molecule has 2 rings (SSSR count). The molecule has 0 atom stereocenters. The van der Waals surface area contributed by atoms with Crippen molar-refractivity contribution in [2.24, 2.45) is 0 Å². The molecule has 20 heavy (non-hydrogen) atoms. The van der Waals surface area contributed by atoms with Crippen LogP contribution in [0, 0.1) is 0 Å². The molecule has 0 aliphatic carbocycles. The van der Waals surface area contributed by atoms with Crippen molar-refractivity contribution in [3.05, 3.63) is 42.4 Å². The van der Waals surface area contributed by atoms with E-state index in [4.69, 9.17) is 0 Å². The van der Waals surface area contributed by atoms with Gasteiger partial charge in [-0.3, -0.25) is 9.48 Å². The lowest BCUT2D eigenvalue weighted by atomic mass is 10.2.